The Morgan fingerprint density at radius 3 is 2.57 bits per heavy atom. The zero-order valence-corrected chi connectivity index (χ0v) is 17.6. The number of aromatic nitrogens is 2. The van der Waals surface area contributed by atoms with Gasteiger partial charge in [0.1, 0.15) is 0 Å². The van der Waals surface area contributed by atoms with Crippen molar-refractivity contribution >= 4 is 22.6 Å². The number of piperidine rings is 1. The lowest BCUT2D eigenvalue weighted by molar-refractivity contribution is -0.117. The third kappa shape index (κ3) is 4.65. The molecule has 30 heavy (non-hydrogen) atoms. The maximum absolute atomic E-state index is 12.5. The molecule has 1 saturated heterocycles. The molecule has 3 aromatic rings. The van der Waals surface area contributed by atoms with Crippen LogP contribution < -0.4 is 11.0 Å². The van der Waals surface area contributed by atoms with Gasteiger partial charge in [0, 0.05) is 24.8 Å². The fourth-order valence-electron chi connectivity index (χ4n) is 4.31. The van der Waals surface area contributed by atoms with Gasteiger partial charge in [-0.2, -0.15) is 0 Å². The van der Waals surface area contributed by atoms with E-state index in [-0.39, 0.29) is 17.6 Å². The second-order valence-electron chi connectivity index (χ2n) is 8.17. The maximum Gasteiger partial charge on any atom is 0.326 e. The largest absolute Gasteiger partial charge is 0.326 e. The Morgan fingerprint density at radius 2 is 1.83 bits per heavy atom. The van der Waals surface area contributed by atoms with Gasteiger partial charge in [0.15, 0.2) is 0 Å². The van der Waals surface area contributed by atoms with Crippen molar-refractivity contribution in [1.82, 2.24) is 14.5 Å². The van der Waals surface area contributed by atoms with Crippen LogP contribution in [0.2, 0.25) is 0 Å². The van der Waals surface area contributed by atoms with Crippen LogP contribution in [0.15, 0.2) is 53.3 Å². The smallest absolute Gasteiger partial charge is 0.325 e. The number of nitrogens with zero attached hydrogens (tertiary/aromatic N) is 2. The average molecular weight is 407 g/mol. The van der Waals surface area contributed by atoms with Gasteiger partial charge in [-0.15, -0.1) is 0 Å². The zero-order valence-electron chi connectivity index (χ0n) is 17.6. The van der Waals surface area contributed by atoms with Crippen LogP contribution in [0.5, 0.6) is 0 Å². The van der Waals surface area contributed by atoms with Crippen LogP contribution in [0.4, 0.5) is 5.69 Å². The van der Waals surface area contributed by atoms with Gasteiger partial charge in [0.05, 0.1) is 17.6 Å². The predicted molar refractivity (Wildman–Crippen MR) is 121 cm³/mol. The minimum Gasteiger partial charge on any atom is -0.325 e. The number of hydrogen-bond acceptors (Lipinski definition) is 3. The summed E-state index contributed by atoms with van der Waals surface area (Å²) in [5.74, 6) is 0.0130. The summed E-state index contributed by atoms with van der Waals surface area (Å²) in [6.07, 6.45) is 5.18. The number of H-pyrrole nitrogens is 1. The minimum absolute atomic E-state index is 0.0130. The molecule has 0 unspecified atom stereocenters. The lowest BCUT2D eigenvalue weighted by Gasteiger charge is -2.32. The first-order valence-corrected chi connectivity index (χ1v) is 10.9. The highest BCUT2D eigenvalue weighted by Crippen LogP contribution is 2.24. The topological polar surface area (TPSA) is 70.1 Å². The van der Waals surface area contributed by atoms with Crippen LogP contribution in [0.3, 0.4) is 0 Å². The number of carbonyl (C=O) groups excluding carboxylic acids is 1. The van der Waals surface area contributed by atoms with Gasteiger partial charge in [0.2, 0.25) is 5.91 Å². The highest BCUT2D eigenvalue weighted by Gasteiger charge is 2.24. The number of benzene rings is 2. The van der Waals surface area contributed by atoms with Gasteiger partial charge in [-0.05, 0) is 55.5 Å². The summed E-state index contributed by atoms with van der Waals surface area (Å²) in [6.45, 7) is 4.18. The summed E-state index contributed by atoms with van der Waals surface area (Å²) >= 11 is 0. The van der Waals surface area contributed by atoms with E-state index in [1.54, 1.807) is 0 Å². The van der Waals surface area contributed by atoms with Gasteiger partial charge in [0.25, 0.3) is 0 Å². The van der Waals surface area contributed by atoms with E-state index in [4.69, 9.17) is 0 Å². The normalized spacial score (nSPS) is 15.5. The van der Waals surface area contributed by atoms with Crippen LogP contribution in [-0.4, -0.2) is 40.0 Å². The highest BCUT2D eigenvalue weighted by atomic mass is 16.2. The Bertz CT molecular complexity index is 1040. The summed E-state index contributed by atoms with van der Waals surface area (Å²) in [6, 6.07) is 16.1. The van der Waals surface area contributed by atoms with E-state index in [0.29, 0.717) is 6.54 Å². The molecule has 0 atom stereocenters. The van der Waals surface area contributed by atoms with Crippen molar-refractivity contribution in [3.8, 4) is 0 Å². The monoisotopic (exact) mass is 406 g/mol. The Balaban J connectivity index is 1.30. The molecular formula is C24H30N4O2. The molecule has 1 fully saturated rings. The molecule has 1 aliphatic heterocycles. The Hall–Kier alpha value is -2.86. The molecule has 1 amide bonds. The van der Waals surface area contributed by atoms with Gasteiger partial charge in [-0.1, -0.05) is 37.6 Å². The van der Waals surface area contributed by atoms with Crippen molar-refractivity contribution in [2.24, 2.45) is 0 Å². The van der Waals surface area contributed by atoms with Gasteiger partial charge in [-0.25, -0.2) is 4.79 Å². The van der Waals surface area contributed by atoms with Crippen molar-refractivity contribution in [2.75, 3.05) is 25.0 Å². The number of amides is 1. The first kappa shape index (κ1) is 20.4. The second-order valence-corrected chi connectivity index (χ2v) is 8.17. The van der Waals surface area contributed by atoms with Crippen molar-refractivity contribution in [3.63, 3.8) is 0 Å². The summed E-state index contributed by atoms with van der Waals surface area (Å²) in [4.78, 5) is 30.0. The van der Waals surface area contributed by atoms with E-state index in [1.807, 2.05) is 41.0 Å². The van der Waals surface area contributed by atoms with E-state index in [1.165, 1.54) is 18.4 Å². The molecule has 2 aromatic carbocycles. The summed E-state index contributed by atoms with van der Waals surface area (Å²) in [5, 5.41) is 3.00. The highest BCUT2D eigenvalue weighted by molar-refractivity contribution is 5.92. The summed E-state index contributed by atoms with van der Waals surface area (Å²) < 4.78 is 1.88. The molecule has 2 heterocycles. The van der Waals surface area contributed by atoms with Crippen LogP contribution >= 0.6 is 0 Å². The number of fused-ring (bicyclic) bond motifs is 1. The predicted octanol–water partition coefficient (Wildman–Crippen LogP) is 3.95. The number of para-hydroxylation sites is 2. The average Bonchev–Trinajstić information content (AvgIpc) is 3.09. The van der Waals surface area contributed by atoms with Crippen molar-refractivity contribution in [1.29, 1.82) is 0 Å². The molecule has 1 aliphatic rings. The van der Waals surface area contributed by atoms with Crippen LogP contribution in [0, 0.1) is 0 Å². The number of likely N-dealkylation sites (tertiary alicyclic amines) is 1. The lowest BCUT2D eigenvalue weighted by atomic mass is 10.0. The van der Waals surface area contributed by atoms with Crippen molar-refractivity contribution < 1.29 is 4.79 Å². The molecule has 4 rings (SSSR count). The third-order valence-corrected chi connectivity index (χ3v) is 5.97. The minimum atomic E-state index is -0.0465. The Morgan fingerprint density at radius 1 is 1.10 bits per heavy atom. The van der Waals surface area contributed by atoms with Gasteiger partial charge < -0.3 is 10.3 Å². The number of rotatable bonds is 7. The molecule has 0 saturated carbocycles. The Kier molecular flexibility index (Phi) is 6.33. The first-order valence-electron chi connectivity index (χ1n) is 10.9. The molecule has 6 nitrogen and oxygen atoms in total. The number of aryl methyl sites for hydroxylation is 1. The van der Waals surface area contributed by atoms with Gasteiger partial charge >= 0.3 is 5.69 Å². The zero-order chi connectivity index (χ0) is 20.9. The molecule has 0 spiro atoms. The van der Waals surface area contributed by atoms with E-state index < -0.39 is 0 Å². The van der Waals surface area contributed by atoms with Gasteiger partial charge in [-0.3, -0.25) is 14.3 Å². The number of carbonyl (C=O) groups is 1. The van der Waals surface area contributed by atoms with E-state index in [0.717, 1.165) is 49.1 Å². The maximum atomic E-state index is 12.5. The molecule has 1 aromatic heterocycles. The SMILES string of the molecule is CCCCc1ccc(NC(=O)CN2CCC(n3c(=O)[nH]c4ccccc43)CC2)cc1. The van der Waals surface area contributed by atoms with Crippen LogP contribution in [0.1, 0.15) is 44.2 Å². The number of aromatic amines is 1. The molecular weight excluding hydrogens is 376 g/mol. The van der Waals surface area contributed by atoms with E-state index in [9.17, 15) is 9.59 Å². The van der Waals surface area contributed by atoms with E-state index >= 15 is 0 Å². The molecule has 2 N–H and O–H groups in total. The molecule has 0 bridgehead atoms. The quantitative estimate of drug-likeness (QED) is 0.624. The fraction of sp³-hybridized carbons (Fsp3) is 0.417. The lowest BCUT2D eigenvalue weighted by Crippen LogP contribution is -2.40. The number of nitrogens with one attached hydrogen (secondary N) is 2. The fourth-order valence-corrected chi connectivity index (χ4v) is 4.31. The molecule has 0 aliphatic carbocycles. The van der Waals surface area contributed by atoms with E-state index in [2.05, 4.69) is 34.3 Å². The first-order chi connectivity index (χ1) is 14.6. The number of hydrogen-bond donors (Lipinski definition) is 2. The third-order valence-electron chi connectivity index (χ3n) is 5.97. The van der Waals surface area contributed by atoms with Crippen LogP contribution in [-0.2, 0) is 11.2 Å². The summed E-state index contributed by atoms with van der Waals surface area (Å²) in [7, 11) is 0. The molecule has 0 radical (unpaired) electrons. The van der Waals surface area contributed by atoms with Crippen LogP contribution in [0.25, 0.3) is 11.0 Å². The number of anilines is 1. The standard InChI is InChI=1S/C24H30N4O2/c1-2-3-6-18-9-11-19(12-10-18)25-23(29)17-27-15-13-20(14-16-27)28-22-8-5-4-7-21(22)26-24(28)30/h4-5,7-12,20H,2-3,6,13-17H2,1H3,(H,25,29)(H,26,30). The van der Waals surface area contributed by atoms with Crippen molar-refractivity contribution in [2.45, 2.75) is 45.1 Å². The molecule has 6 heteroatoms. The Labute approximate surface area is 176 Å². The molecule has 158 valence electrons. The number of unbranched alkanes of at least 4 members (excludes halogenated alkanes) is 1. The van der Waals surface area contributed by atoms with Crippen molar-refractivity contribution in [3.05, 3.63) is 64.6 Å². The second kappa shape index (κ2) is 9.30. The summed E-state index contributed by atoms with van der Waals surface area (Å²) in [5.41, 5.74) is 3.95. The number of imidazole rings is 1.